The van der Waals surface area contributed by atoms with E-state index in [9.17, 15) is 4.79 Å². The van der Waals surface area contributed by atoms with E-state index >= 15 is 0 Å². The van der Waals surface area contributed by atoms with Gasteiger partial charge in [0.05, 0.1) is 4.88 Å². The molecule has 0 bridgehead atoms. The first-order valence-electron chi connectivity index (χ1n) is 4.99. The predicted octanol–water partition coefficient (Wildman–Crippen LogP) is 1.67. The van der Waals surface area contributed by atoms with E-state index in [1.807, 2.05) is 16.8 Å². The maximum absolute atomic E-state index is 11.3. The molecule has 1 N–H and O–H groups in total. The maximum Gasteiger partial charge on any atom is 0.239 e. The molecule has 0 aliphatic rings. The number of carbonyl (C=O) groups excluding carboxylic acids is 1. The number of nitrogens with zero attached hydrogens (tertiary/aromatic N) is 2. The number of nitrogens with one attached hydrogen (secondary N) is 1. The van der Waals surface area contributed by atoms with Crippen LogP contribution in [0.5, 0.6) is 0 Å². The first-order valence-corrected chi connectivity index (χ1v) is 5.81. The van der Waals surface area contributed by atoms with Crippen molar-refractivity contribution in [3.05, 3.63) is 29.4 Å². The zero-order valence-corrected chi connectivity index (χ0v) is 10.0. The van der Waals surface area contributed by atoms with E-state index in [2.05, 4.69) is 23.3 Å². The van der Waals surface area contributed by atoms with Crippen LogP contribution in [0.2, 0.25) is 0 Å². The van der Waals surface area contributed by atoms with Crippen molar-refractivity contribution in [1.29, 1.82) is 0 Å². The summed E-state index contributed by atoms with van der Waals surface area (Å²) in [7, 11) is 1.63. The molecule has 0 saturated carbocycles. The molecule has 0 saturated heterocycles. The van der Waals surface area contributed by atoms with Gasteiger partial charge in [0.15, 0.2) is 0 Å². The van der Waals surface area contributed by atoms with Crippen molar-refractivity contribution in [3.8, 4) is 10.7 Å². The van der Waals surface area contributed by atoms with Crippen LogP contribution in [0.15, 0.2) is 24.5 Å². The number of likely N-dealkylation sites (N-methyl/N-ethyl adjacent to an activating group) is 1. The minimum absolute atomic E-state index is 0.0208. The summed E-state index contributed by atoms with van der Waals surface area (Å²) < 4.78 is 1.85. The minimum atomic E-state index is -0.0208. The molecular weight excluding hydrogens is 222 g/mol. The molecular formula is C11H13N3OS. The van der Waals surface area contributed by atoms with Gasteiger partial charge in [0.2, 0.25) is 5.91 Å². The average Bonchev–Trinajstić information content (AvgIpc) is 2.86. The van der Waals surface area contributed by atoms with Gasteiger partial charge in [-0.1, -0.05) is 0 Å². The van der Waals surface area contributed by atoms with Gasteiger partial charge < -0.3 is 9.88 Å². The summed E-state index contributed by atoms with van der Waals surface area (Å²) in [6.45, 7) is 2.36. The molecule has 84 valence electrons. The van der Waals surface area contributed by atoms with Crippen LogP contribution in [0.3, 0.4) is 0 Å². The van der Waals surface area contributed by atoms with Crippen LogP contribution in [0.1, 0.15) is 4.88 Å². The molecule has 0 aromatic carbocycles. The van der Waals surface area contributed by atoms with Crippen LogP contribution in [0.25, 0.3) is 10.7 Å². The fourth-order valence-electron chi connectivity index (χ4n) is 1.45. The summed E-state index contributed by atoms with van der Waals surface area (Å²) in [5.74, 6) is 0.828. The van der Waals surface area contributed by atoms with Crippen LogP contribution in [-0.2, 0) is 11.3 Å². The molecule has 1 amide bonds. The molecule has 5 heteroatoms. The first-order chi connectivity index (χ1) is 7.70. The Hall–Kier alpha value is -1.62. The highest BCUT2D eigenvalue weighted by atomic mass is 32.1. The van der Waals surface area contributed by atoms with Crippen LogP contribution >= 0.6 is 11.3 Å². The van der Waals surface area contributed by atoms with Gasteiger partial charge in [-0.3, -0.25) is 4.79 Å². The van der Waals surface area contributed by atoms with Gasteiger partial charge >= 0.3 is 0 Å². The molecule has 0 fully saturated rings. The SMILES string of the molecule is CNC(=O)Cn1ccnc1-c1ccc(C)s1. The summed E-state index contributed by atoms with van der Waals surface area (Å²) in [6.07, 6.45) is 3.53. The minimum Gasteiger partial charge on any atom is -0.358 e. The Morgan fingerprint density at radius 3 is 3.00 bits per heavy atom. The summed E-state index contributed by atoms with van der Waals surface area (Å²) in [4.78, 5) is 17.9. The van der Waals surface area contributed by atoms with Crippen molar-refractivity contribution in [2.45, 2.75) is 13.5 Å². The second-order valence-electron chi connectivity index (χ2n) is 3.46. The highest BCUT2D eigenvalue weighted by molar-refractivity contribution is 7.15. The lowest BCUT2D eigenvalue weighted by Gasteiger charge is -2.04. The lowest BCUT2D eigenvalue weighted by molar-refractivity contribution is -0.121. The largest absolute Gasteiger partial charge is 0.358 e. The van der Waals surface area contributed by atoms with E-state index in [4.69, 9.17) is 0 Å². The van der Waals surface area contributed by atoms with E-state index < -0.39 is 0 Å². The molecule has 16 heavy (non-hydrogen) atoms. The van der Waals surface area contributed by atoms with Crippen molar-refractivity contribution in [1.82, 2.24) is 14.9 Å². The lowest BCUT2D eigenvalue weighted by atomic mass is 10.4. The van der Waals surface area contributed by atoms with Crippen LogP contribution < -0.4 is 5.32 Å². The van der Waals surface area contributed by atoms with Crippen LogP contribution in [-0.4, -0.2) is 22.5 Å². The Labute approximate surface area is 97.9 Å². The summed E-state index contributed by atoms with van der Waals surface area (Å²) >= 11 is 1.68. The first kappa shape index (κ1) is 10.9. The normalized spacial score (nSPS) is 10.4. The quantitative estimate of drug-likeness (QED) is 0.879. The fourth-order valence-corrected chi connectivity index (χ4v) is 2.33. The summed E-state index contributed by atoms with van der Waals surface area (Å²) in [5.41, 5.74) is 0. The van der Waals surface area contributed by atoms with Gasteiger partial charge in [0, 0.05) is 24.3 Å². The molecule has 4 nitrogen and oxygen atoms in total. The average molecular weight is 235 g/mol. The molecule has 0 unspecified atom stereocenters. The highest BCUT2D eigenvalue weighted by Crippen LogP contribution is 2.26. The number of hydrogen-bond acceptors (Lipinski definition) is 3. The van der Waals surface area contributed by atoms with Gasteiger partial charge in [-0.25, -0.2) is 4.98 Å². The zero-order valence-electron chi connectivity index (χ0n) is 9.23. The topological polar surface area (TPSA) is 46.9 Å². The van der Waals surface area contributed by atoms with Crippen LogP contribution in [0, 0.1) is 6.92 Å². The van der Waals surface area contributed by atoms with E-state index in [0.29, 0.717) is 6.54 Å². The second kappa shape index (κ2) is 4.49. The molecule has 0 aliphatic heterocycles. The lowest BCUT2D eigenvalue weighted by Crippen LogP contribution is -2.23. The molecule has 2 aromatic rings. The number of aryl methyl sites for hydroxylation is 1. The maximum atomic E-state index is 11.3. The van der Waals surface area contributed by atoms with Gasteiger partial charge in [-0.15, -0.1) is 11.3 Å². The second-order valence-corrected chi connectivity index (χ2v) is 4.75. The van der Waals surface area contributed by atoms with Crippen molar-refractivity contribution in [2.24, 2.45) is 0 Å². The third-order valence-corrected chi connectivity index (χ3v) is 3.27. The summed E-state index contributed by atoms with van der Waals surface area (Å²) in [5, 5.41) is 2.60. The Morgan fingerprint density at radius 1 is 1.56 bits per heavy atom. The Bertz CT molecular complexity index is 501. The Balaban J connectivity index is 2.29. The molecule has 2 rings (SSSR count). The molecule has 0 spiro atoms. The van der Waals surface area contributed by atoms with E-state index in [-0.39, 0.29) is 5.91 Å². The van der Waals surface area contributed by atoms with E-state index in [0.717, 1.165) is 10.7 Å². The summed E-state index contributed by atoms with van der Waals surface area (Å²) in [6, 6.07) is 4.08. The smallest absolute Gasteiger partial charge is 0.239 e. The van der Waals surface area contributed by atoms with Gasteiger partial charge in [0.25, 0.3) is 0 Å². The fraction of sp³-hybridized carbons (Fsp3) is 0.273. The predicted molar refractivity (Wildman–Crippen MR) is 64.3 cm³/mol. The van der Waals surface area contributed by atoms with Crippen molar-refractivity contribution < 1.29 is 4.79 Å². The molecule has 2 heterocycles. The number of aromatic nitrogens is 2. The number of carbonyl (C=O) groups is 1. The van der Waals surface area contributed by atoms with E-state index in [1.54, 1.807) is 24.6 Å². The number of rotatable bonds is 3. The van der Waals surface area contributed by atoms with E-state index in [1.165, 1.54) is 4.88 Å². The van der Waals surface area contributed by atoms with Crippen molar-refractivity contribution in [2.75, 3.05) is 7.05 Å². The molecule has 0 atom stereocenters. The van der Waals surface area contributed by atoms with Crippen molar-refractivity contribution in [3.63, 3.8) is 0 Å². The van der Waals surface area contributed by atoms with Crippen molar-refractivity contribution >= 4 is 17.2 Å². The molecule has 0 radical (unpaired) electrons. The van der Waals surface area contributed by atoms with Gasteiger partial charge in [0.1, 0.15) is 12.4 Å². The number of thiophene rings is 1. The molecule has 0 aliphatic carbocycles. The third kappa shape index (κ3) is 2.14. The zero-order chi connectivity index (χ0) is 11.5. The Kier molecular flexibility index (Phi) is 3.05. The van der Waals surface area contributed by atoms with Gasteiger partial charge in [-0.2, -0.15) is 0 Å². The monoisotopic (exact) mass is 235 g/mol. The van der Waals surface area contributed by atoms with Crippen LogP contribution in [0.4, 0.5) is 0 Å². The Morgan fingerprint density at radius 2 is 2.38 bits per heavy atom. The third-order valence-electron chi connectivity index (χ3n) is 2.27. The number of amides is 1. The highest BCUT2D eigenvalue weighted by Gasteiger charge is 2.09. The molecule has 2 aromatic heterocycles. The number of imidazole rings is 1. The van der Waals surface area contributed by atoms with Gasteiger partial charge in [-0.05, 0) is 19.1 Å². The number of hydrogen-bond donors (Lipinski definition) is 1. The standard InChI is InChI=1S/C11H13N3OS/c1-8-3-4-9(16-8)11-13-5-6-14(11)7-10(15)12-2/h3-6H,7H2,1-2H3,(H,12,15).